The summed E-state index contributed by atoms with van der Waals surface area (Å²) >= 11 is 0. The first-order chi connectivity index (χ1) is 14.2. The van der Waals surface area contributed by atoms with Crippen molar-refractivity contribution < 1.29 is 26.7 Å². The van der Waals surface area contributed by atoms with Crippen molar-refractivity contribution in [2.24, 2.45) is 0 Å². The summed E-state index contributed by atoms with van der Waals surface area (Å²) < 4.78 is 59.2. The maximum Gasteiger partial charge on any atom is 0.265 e. The predicted molar refractivity (Wildman–Crippen MR) is 109 cm³/mol. The van der Waals surface area contributed by atoms with Crippen LogP contribution in [0.2, 0.25) is 0 Å². The normalized spacial score (nSPS) is 16.1. The molecule has 6 nitrogen and oxygen atoms in total. The molecule has 0 spiro atoms. The lowest BCUT2D eigenvalue weighted by Gasteiger charge is -2.26. The zero-order chi connectivity index (χ0) is 21.9. The highest BCUT2D eigenvalue weighted by Crippen LogP contribution is 2.26. The van der Waals surface area contributed by atoms with Gasteiger partial charge in [-0.05, 0) is 56.5 Å². The Morgan fingerprint density at radius 1 is 1.07 bits per heavy atom. The molecule has 3 rings (SSSR count). The van der Waals surface area contributed by atoms with Gasteiger partial charge in [0.05, 0.1) is 4.90 Å². The van der Waals surface area contributed by atoms with Gasteiger partial charge in [0.15, 0.2) is 17.7 Å². The van der Waals surface area contributed by atoms with Crippen molar-refractivity contribution in [3.63, 3.8) is 0 Å². The number of halogens is 2. The highest BCUT2D eigenvalue weighted by Gasteiger charge is 2.28. The van der Waals surface area contributed by atoms with Crippen LogP contribution >= 0.6 is 0 Å². The van der Waals surface area contributed by atoms with Crippen molar-refractivity contribution in [3.05, 3.63) is 53.6 Å². The van der Waals surface area contributed by atoms with E-state index >= 15 is 0 Å². The minimum atomic E-state index is -3.66. The zero-order valence-electron chi connectivity index (χ0n) is 16.8. The number of hydrogen-bond acceptors (Lipinski definition) is 4. The summed E-state index contributed by atoms with van der Waals surface area (Å²) in [5.41, 5.74) is 0.895. The molecule has 0 bridgehead atoms. The average Bonchev–Trinajstić information content (AvgIpc) is 2.72. The van der Waals surface area contributed by atoms with Crippen molar-refractivity contribution in [1.29, 1.82) is 0 Å². The van der Waals surface area contributed by atoms with Crippen molar-refractivity contribution in [2.75, 3.05) is 18.4 Å². The number of aryl methyl sites for hydroxylation is 1. The molecular formula is C21H24F2N2O4S. The van der Waals surface area contributed by atoms with Crippen LogP contribution in [0.5, 0.6) is 5.75 Å². The van der Waals surface area contributed by atoms with Gasteiger partial charge in [-0.2, -0.15) is 4.31 Å². The molecule has 0 aliphatic carbocycles. The number of piperidine rings is 1. The minimum absolute atomic E-state index is 0.00817. The number of hydrogen-bond donors (Lipinski definition) is 1. The third kappa shape index (κ3) is 4.96. The molecule has 2 aromatic rings. The van der Waals surface area contributed by atoms with Gasteiger partial charge in [0, 0.05) is 24.8 Å². The van der Waals surface area contributed by atoms with Crippen molar-refractivity contribution in [1.82, 2.24) is 4.31 Å². The SMILES string of the molecule is Cc1ccc(NC(=O)C(C)Oc2ccc(F)c(F)c2)cc1S(=O)(=O)N1CCCCC1. The second-order valence-corrected chi connectivity index (χ2v) is 9.18. The summed E-state index contributed by atoms with van der Waals surface area (Å²) in [6.07, 6.45) is 1.65. The fourth-order valence-electron chi connectivity index (χ4n) is 3.25. The summed E-state index contributed by atoms with van der Waals surface area (Å²) in [6.45, 7) is 4.13. The quantitative estimate of drug-likeness (QED) is 0.743. The summed E-state index contributed by atoms with van der Waals surface area (Å²) in [5.74, 6) is -2.63. The standard InChI is InChI=1S/C21H24F2N2O4S/c1-14-6-7-16(12-20(14)30(27,28)25-10-4-3-5-11-25)24-21(26)15(2)29-17-8-9-18(22)19(23)13-17/h6-9,12-13,15H,3-5,10-11H2,1-2H3,(H,24,26). The molecular weight excluding hydrogens is 414 g/mol. The lowest BCUT2D eigenvalue weighted by molar-refractivity contribution is -0.122. The molecule has 0 saturated carbocycles. The molecule has 1 aliphatic heterocycles. The lowest BCUT2D eigenvalue weighted by Crippen LogP contribution is -2.36. The van der Waals surface area contributed by atoms with E-state index in [4.69, 9.17) is 4.74 Å². The van der Waals surface area contributed by atoms with Gasteiger partial charge in [0.1, 0.15) is 5.75 Å². The summed E-state index contributed by atoms with van der Waals surface area (Å²) in [5, 5.41) is 2.62. The zero-order valence-corrected chi connectivity index (χ0v) is 17.6. The van der Waals surface area contributed by atoms with Gasteiger partial charge in [-0.3, -0.25) is 4.79 Å². The molecule has 1 N–H and O–H groups in total. The van der Waals surface area contributed by atoms with E-state index in [0.717, 1.165) is 31.4 Å². The number of anilines is 1. The molecule has 1 aliphatic rings. The molecule has 1 heterocycles. The van der Waals surface area contributed by atoms with E-state index in [2.05, 4.69) is 5.32 Å². The van der Waals surface area contributed by atoms with Crippen LogP contribution in [0.3, 0.4) is 0 Å². The number of carbonyl (C=O) groups is 1. The van der Waals surface area contributed by atoms with Crippen molar-refractivity contribution in [3.8, 4) is 5.75 Å². The maximum atomic E-state index is 13.3. The van der Waals surface area contributed by atoms with Crippen LogP contribution in [0.25, 0.3) is 0 Å². The molecule has 0 aromatic heterocycles. The Kier molecular flexibility index (Phi) is 6.72. The molecule has 1 amide bonds. The Morgan fingerprint density at radius 2 is 1.77 bits per heavy atom. The van der Waals surface area contributed by atoms with Gasteiger partial charge in [-0.1, -0.05) is 12.5 Å². The molecule has 30 heavy (non-hydrogen) atoms. The van der Waals surface area contributed by atoms with E-state index in [1.165, 1.54) is 23.4 Å². The second kappa shape index (κ2) is 9.09. The Labute approximate surface area is 174 Å². The third-order valence-electron chi connectivity index (χ3n) is 4.96. The van der Waals surface area contributed by atoms with Crippen molar-refractivity contribution in [2.45, 2.75) is 44.1 Å². The number of ether oxygens (including phenoxy) is 1. The molecule has 1 unspecified atom stereocenters. The van der Waals surface area contributed by atoms with Gasteiger partial charge in [0.2, 0.25) is 10.0 Å². The van der Waals surface area contributed by atoms with E-state index < -0.39 is 33.7 Å². The monoisotopic (exact) mass is 438 g/mol. The second-order valence-electron chi connectivity index (χ2n) is 7.27. The maximum absolute atomic E-state index is 13.3. The number of nitrogens with zero attached hydrogens (tertiary/aromatic N) is 1. The first-order valence-electron chi connectivity index (χ1n) is 9.72. The van der Waals surface area contributed by atoms with Crippen LogP contribution in [-0.2, 0) is 14.8 Å². The van der Waals surface area contributed by atoms with E-state index in [1.54, 1.807) is 19.1 Å². The van der Waals surface area contributed by atoms with Crippen LogP contribution in [0.15, 0.2) is 41.3 Å². The lowest BCUT2D eigenvalue weighted by atomic mass is 10.2. The van der Waals surface area contributed by atoms with E-state index in [-0.39, 0.29) is 10.6 Å². The molecule has 1 atom stereocenters. The Hall–Kier alpha value is -2.52. The Bertz CT molecular complexity index is 1040. The third-order valence-corrected chi connectivity index (χ3v) is 7.00. The van der Waals surface area contributed by atoms with Gasteiger partial charge in [-0.25, -0.2) is 17.2 Å². The minimum Gasteiger partial charge on any atom is -0.481 e. The number of benzene rings is 2. The highest BCUT2D eigenvalue weighted by molar-refractivity contribution is 7.89. The fraction of sp³-hybridized carbons (Fsp3) is 0.381. The number of amides is 1. The first kappa shape index (κ1) is 22.2. The summed E-state index contributed by atoms with van der Waals surface area (Å²) in [6, 6.07) is 7.65. The van der Waals surface area contributed by atoms with Crippen LogP contribution in [0.1, 0.15) is 31.7 Å². The molecule has 9 heteroatoms. The van der Waals surface area contributed by atoms with Crippen LogP contribution < -0.4 is 10.1 Å². The topological polar surface area (TPSA) is 75.7 Å². The Balaban J connectivity index is 1.74. The summed E-state index contributed by atoms with van der Waals surface area (Å²) in [4.78, 5) is 12.6. The van der Waals surface area contributed by atoms with Crippen LogP contribution in [0, 0.1) is 18.6 Å². The van der Waals surface area contributed by atoms with Crippen molar-refractivity contribution >= 4 is 21.6 Å². The molecule has 1 fully saturated rings. The van der Waals surface area contributed by atoms with Gasteiger partial charge in [0.25, 0.3) is 5.91 Å². The number of rotatable bonds is 6. The fourth-order valence-corrected chi connectivity index (χ4v) is 5.02. The van der Waals surface area contributed by atoms with E-state index in [1.807, 2.05) is 0 Å². The average molecular weight is 438 g/mol. The van der Waals surface area contributed by atoms with Gasteiger partial charge >= 0.3 is 0 Å². The smallest absolute Gasteiger partial charge is 0.265 e. The van der Waals surface area contributed by atoms with Crippen LogP contribution in [0.4, 0.5) is 14.5 Å². The van der Waals surface area contributed by atoms with Crippen LogP contribution in [-0.4, -0.2) is 37.8 Å². The number of sulfonamides is 1. The summed E-state index contributed by atoms with van der Waals surface area (Å²) in [7, 11) is -3.66. The number of carbonyl (C=O) groups excluding carboxylic acids is 1. The van der Waals surface area contributed by atoms with Gasteiger partial charge in [-0.15, -0.1) is 0 Å². The molecule has 2 aromatic carbocycles. The first-order valence-corrected chi connectivity index (χ1v) is 11.2. The van der Waals surface area contributed by atoms with E-state index in [9.17, 15) is 22.0 Å². The highest BCUT2D eigenvalue weighted by atomic mass is 32.2. The van der Waals surface area contributed by atoms with E-state index in [0.29, 0.717) is 24.3 Å². The Morgan fingerprint density at radius 3 is 2.43 bits per heavy atom. The largest absolute Gasteiger partial charge is 0.481 e. The molecule has 0 radical (unpaired) electrons. The molecule has 1 saturated heterocycles. The predicted octanol–water partition coefficient (Wildman–Crippen LogP) is 3.85. The molecule has 162 valence electrons. The number of nitrogens with one attached hydrogen (secondary N) is 1. The van der Waals surface area contributed by atoms with Gasteiger partial charge < -0.3 is 10.1 Å².